The van der Waals surface area contributed by atoms with Crippen LogP contribution in [0, 0.1) is 0 Å². The Hall–Kier alpha value is -2.17. The van der Waals surface area contributed by atoms with Crippen molar-refractivity contribution in [3.05, 3.63) is 29.3 Å². The lowest BCUT2D eigenvalue weighted by molar-refractivity contribution is -0.133. The summed E-state index contributed by atoms with van der Waals surface area (Å²) in [7, 11) is 1.58. The van der Waals surface area contributed by atoms with Gasteiger partial charge in [0.15, 0.2) is 5.78 Å². The van der Waals surface area contributed by atoms with Gasteiger partial charge in [0.1, 0.15) is 11.5 Å². The van der Waals surface area contributed by atoms with Gasteiger partial charge in [-0.05, 0) is 30.2 Å². The molecule has 2 aliphatic rings. The number of rotatable bonds is 2. The highest BCUT2D eigenvalue weighted by molar-refractivity contribution is 6.07. The van der Waals surface area contributed by atoms with Crippen LogP contribution in [0.3, 0.4) is 0 Å². The third kappa shape index (κ3) is 1.99. The SMILES string of the molecule is COc1ccc2c(c1)CN(C1CCC(=O)CC1=O)C2=O. The van der Waals surface area contributed by atoms with Crippen LogP contribution in [0.5, 0.6) is 5.75 Å². The van der Waals surface area contributed by atoms with E-state index in [-0.39, 0.29) is 23.9 Å². The van der Waals surface area contributed by atoms with Crippen molar-refractivity contribution in [2.75, 3.05) is 7.11 Å². The number of hydrogen-bond acceptors (Lipinski definition) is 4. The quantitative estimate of drug-likeness (QED) is 0.763. The first-order chi connectivity index (χ1) is 9.60. The topological polar surface area (TPSA) is 63.7 Å². The minimum Gasteiger partial charge on any atom is -0.497 e. The fourth-order valence-electron chi connectivity index (χ4n) is 2.89. The molecule has 1 fully saturated rings. The monoisotopic (exact) mass is 273 g/mol. The van der Waals surface area contributed by atoms with Gasteiger partial charge in [0.2, 0.25) is 0 Å². The van der Waals surface area contributed by atoms with Gasteiger partial charge in [0.05, 0.1) is 19.6 Å². The molecule has 1 aliphatic carbocycles. The molecular formula is C15H15NO4. The molecule has 0 spiro atoms. The minimum atomic E-state index is -0.460. The molecule has 1 amide bonds. The molecule has 0 aromatic heterocycles. The van der Waals surface area contributed by atoms with Crippen LogP contribution in [-0.2, 0) is 16.1 Å². The lowest BCUT2D eigenvalue weighted by Crippen LogP contribution is -2.44. The summed E-state index contributed by atoms with van der Waals surface area (Å²) >= 11 is 0. The first-order valence-corrected chi connectivity index (χ1v) is 6.62. The van der Waals surface area contributed by atoms with Crippen molar-refractivity contribution in [3.8, 4) is 5.75 Å². The van der Waals surface area contributed by atoms with Crippen molar-refractivity contribution in [2.24, 2.45) is 0 Å². The molecule has 1 aliphatic heterocycles. The number of benzene rings is 1. The normalized spacial score (nSPS) is 22.1. The standard InChI is InChI=1S/C15H15NO4/c1-20-11-3-4-12-9(6-11)8-16(15(12)19)13-5-2-10(17)7-14(13)18/h3-4,6,13H,2,5,7-8H2,1H3. The summed E-state index contributed by atoms with van der Waals surface area (Å²) < 4.78 is 5.15. The Kier molecular flexibility index (Phi) is 3.04. The smallest absolute Gasteiger partial charge is 0.255 e. The van der Waals surface area contributed by atoms with Crippen molar-refractivity contribution in [2.45, 2.75) is 31.8 Å². The summed E-state index contributed by atoms with van der Waals surface area (Å²) in [6.45, 7) is 0.413. The van der Waals surface area contributed by atoms with Crippen LogP contribution in [0.2, 0.25) is 0 Å². The van der Waals surface area contributed by atoms with Crippen molar-refractivity contribution >= 4 is 17.5 Å². The number of hydrogen-bond donors (Lipinski definition) is 0. The summed E-state index contributed by atoms with van der Waals surface area (Å²) in [5.41, 5.74) is 1.49. The van der Waals surface area contributed by atoms with Gasteiger partial charge in [-0.1, -0.05) is 0 Å². The van der Waals surface area contributed by atoms with Gasteiger partial charge in [0.25, 0.3) is 5.91 Å². The second-order valence-corrected chi connectivity index (χ2v) is 5.19. The largest absolute Gasteiger partial charge is 0.497 e. The van der Waals surface area contributed by atoms with Crippen molar-refractivity contribution in [1.29, 1.82) is 0 Å². The van der Waals surface area contributed by atoms with Crippen LogP contribution < -0.4 is 4.74 Å². The van der Waals surface area contributed by atoms with Gasteiger partial charge >= 0.3 is 0 Å². The number of fused-ring (bicyclic) bond motifs is 1. The Labute approximate surface area is 116 Å². The summed E-state index contributed by atoms with van der Waals surface area (Å²) in [6.07, 6.45) is 0.766. The lowest BCUT2D eigenvalue weighted by Gasteiger charge is -2.29. The average molecular weight is 273 g/mol. The molecule has 20 heavy (non-hydrogen) atoms. The zero-order valence-electron chi connectivity index (χ0n) is 11.2. The summed E-state index contributed by atoms with van der Waals surface area (Å²) in [6, 6.07) is 4.84. The van der Waals surface area contributed by atoms with E-state index in [0.717, 1.165) is 5.56 Å². The molecule has 1 heterocycles. The first-order valence-electron chi connectivity index (χ1n) is 6.62. The maximum atomic E-state index is 12.4. The first kappa shape index (κ1) is 12.8. The number of carbonyl (C=O) groups is 3. The summed E-state index contributed by atoms with van der Waals surface area (Å²) in [5.74, 6) is 0.394. The molecule has 1 aromatic carbocycles. The summed E-state index contributed by atoms with van der Waals surface area (Å²) in [4.78, 5) is 37.2. The van der Waals surface area contributed by atoms with Gasteiger partial charge < -0.3 is 9.64 Å². The Morgan fingerprint density at radius 3 is 2.75 bits per heavy atom. The van der Waals surface area contributed by atoms with E-state index >= 15 is 0 Å². The molecular weight excluding hydrogens is 258 g/mol. The maximum Gasteiger partial charge on any atom is 0.255 e. The van der Waals surface area contributed by atoms with Gasteiger partial charge in [0, 0.05) is 18.5 Å². The third-order valence-corrected chi connectivity index (χ3v) is 3.96. The molecule has 1 unspecified atom stereocenters. The molecule has 1 atom stereocenters. The zero-order chi connectivity index (χ0) is 14.3. The second kappa shape index (κ2) is 4.74. The Bertz CT molecular complexity index is 608. The van der Waals surface area contributed by atoms with Gasteiger partial charge in [-0.15, -0.1) is 0 Å². The molecule has 5 heteroatoms. The predicted molar refractivity (Wildman–Crippen MR) is 70.5 cm³/mol. The number of methoxy groups -OCH3 is 1. The minimum absolute atomic E-state index is 0.0305. The van der Waals surface area contributed by atoms with Crippen LogP contribution in [0.15, 0.2) is 18.2 Å². The van der Waals surface area contributed by atoms with Gasteiger partial charge in [-0.25, -0.2) is 0 Å². The van der Waals surface area contributed by atoms with Crippen LogP contribution in [0.25, 0.3) is 0 Å². The molecule has 5 nitrogen and oxygen atoms in total. The average Bonchev–Trinajstić information content (AvgIpc) is 2.75. The molecule has 1 aromatic rings. The molecule has 3 rings (SSSR count). The van der Waals surface area contributed by atoms with Crippen LogP contribution in [0.1, 0.15) is 35.2 Å². The molecule has 0 radical (unpaired) electrons. The molecule has 0 saturated heterocycles. The number of amides is 1. The molecule has 104 valence electrons. The van der Waals surface area contributed by atoms with Crippen molar-refractivity contribution in [3.63, 3.8) is 0 Å². The Morgan fingerprint density at radius 2 is 2.05 bits per heavy atom. The Morgan fingerprint density at radius 1 is 1.25 bits per heavy atom. The fraction of sp³-hybridized carbons (Fsp3) is 0.400. The number of nitrogens with zero attached hydrogens (tertiary/aromatic N) is 1. The predicted octanol–water partition coefficient (Wildman–Crippen LogP) is 1.34. The highest BCUT2D eigenvalue weighted by Crippen LogP contribution is 2.30. The van der Waals surface area contributed by atoms with E-state index in [9.17, 15) is 14.4 Å². The molecule has 0 N–H and O–H groups in total. The highest BCUT2D eigenvalue weighted by atomic mass is 16.5. The third-order valence-electron chi connectivity index (χ3n) is 3.96. The summed E-state index contributed by atoms with van der Waals surface area (Å²) in [5, 5.41) is 0. The van der Waals surface area contributed by atoms with E-state index in [2.05, 4.69) is 0 Å². The Balaban J connectivity index is 1.86. The van der Waals surface area contributed by atoms with Crippen LogP contribution in [0.4, 0.5) is 0 Å². The van der Waals surface area contributed by atoms with E-state index in [1.54, 1.807) is 24.1 Å². The van der Waals surface area contributed by atoms with E-state index in [0.29, 0.717) is 30.7 Å². The van der Waals surface area contributed by atoms with E-state index in [4.69, 9.17) is 4.74 Å². The molecule has 1 saturated carbocycles. The lowest BCUT2D eigenvalue weighted by atomic mass is 9.92. The number of carbonyl (C=O) groups excluding carboxylic acids is 3. The number of ketones is 2. The highest BCUT2D eigenvalue weighted by Gasteiger charge is 2.38. The van der Waals surface area contributed by atoms with E-state index in [1.807, 2.05) is 6.07 Å². The molecule has 0 bridgehead atoms. The van der Waals surface area contributed by atoms with Crippen LogP contribution >= 0.6 is 0 Å². The van der Waals surface area contributed by atoms with Crippen molar-refractivity contribution in [1.82, 2.24) is 4.90 Å². The van der Waals surface area contributed by atoms with Gasteiger partial charge in [-0.2, -0.15) is 0 Å². The van der Waals surface area contributed by atoms with Crippen molar-refractivity contribution < 1.29 is 19.1 Å². The second-order valence-electron chi connectivity index (χ2n) is 5.19. The van der Waals surface area contributed by atoms with E-state index in [1.165, 1.54) is 0 Å². The van der Waals surface area contributed by atoms with Crippen LogP contribution in [-0.4, -0.2) is 35.5 Å². The van der Waals surface area contributed by atoms with Gasteiger partial charge in [-0.3, -0.25) is 14.4 Å². The number of Topliss-reactive ketones (excluding diaryl/α,β-unsaturated/α-hetero) is 2. The fourth-order valence-corrected chi connectivity index (χ4v) is 2.89. The maximum absolute atomic E-state index is 12.4. The zero-order valence-corrected chi connectivity index (χ0v) is 11.2. The van der Waals surface area contributed by atoms with E-state index < -0.39 is 6.04 Å². The number of ether oxygens (including phenoxy) is 1.